The van der Waals surface area contributed by atoms with Gasteiger partial charge in [0, 0.05) is 18.4 Å². The summed E-state index contributed by atoms with van der Waals surface area (Å²) < 4.78 is 5.36. The minimum absolute atomic E-state index is 0.112. The van der Waals surface area contributed by atoms with E-state index in [2.05, 4.69) is 15.7 Å². The highest BCUT2D eigenvalue weighted by Gasteiger charge is 2.18. The monoisotopic (exact) mass is 289 g/mol. The quantitative estimate of drug-likeness (QED) is 0.826. The summed E-state index contributed by atoms with van der Waals surface area (Å²) in [5.41, 5.74) is 2.11. The van der Waals surface area contributed by atoms with E-state index in [0.717, 1.165) is 19.3 Å². The molecule has 1 atom stereocenters. The third-order valence-electron chi connectivity index (χ3n) is 3.33. The highest BCUT2D eigenvalue weighted by molar-refractivity contribution is 6.04. The second kappa shape index (κ2) is 6.02. The van der Waals surface area contributed by atoms with Crippen LogP contribution in [0, 0.1) is 0 Å². The average molecular weight is 289 g/mol. The number of benzene rings is 1. The summed E-state index contributed by atoms with van der Waals surface area (Å²) in [6.07, 6.45) is 2.30. The number of fused-ring (bicyclic) bond motifs is 1. The van der Waals surface area contributed by atoms with Crippen LogP contribution in [-0.2, 0) is 9.57 Å². The Morgan fingerprint density at radius 3 is 2.90 bits per heavy atom. The summed E-state index contributed by atoms with van der Waals surface area (Å²) in [7, 11) is 0. The molecule has 110 valence electrons. The lowest BCUT2D eigenvalue weighted by atomic mass is 10.1. The number of carbonyl (C=O) groups is 1. The molecule has 1 aromatic carbocycles. The molecule has 0 bridgehead atoms. The number of aromatic nitrogens is 2. The van der Waals surface area contributed by atoms with Crippen molar-refractivity contribution < 1.29 is 14.4 Å². The van der Waals surface area contributed by atoms with E-state index in [1.807, 2.05) is 0 Å². The molecule has 1 aromatic heterocycles. The largest absolute Gasteiger partial charge is 0.350 e. The first-order valence-corrected chi connectivity index (χ1v) is 6.81. The van der Waals surface area contributed by atoms with Crippen molar-refractivity contribution >= 4 is 16.7 Å². The van der Waals surface area contributed by atoms with Gasteiger partial charge in [-0.15, -0.1) is 0 Å². The maximum Gasteiger partial charge on any atom is 0.296 e. The zero-order valence-electron chi connectivity index (χ0n) is 11.3. The van der Waals surface area contributed by atoms with Crippen LogP contribution in [0.15, 0.2) is 29.1 Å². The number of nitrogens with one attached hydrogen (secondary N) is 2. The van der Waals surface area contributed by atoms with E-state index in [9.17, 15) is 9.59 Å². The van der Waals surface area contributed by atoms with Crippen LogP contribution in [0.2, 0.25) is 0 Å². The maximum absolute atomic E-state index is 12.1. The van der Waals surface area contributed by atoms with Crippen LogP contribution in [0.4, 0.5) is 0 Å². The second-order valence-corrected chi connectivity index (χ2v) is 4.79. The number of hydroxylamine groups is 1. The van der Waals surface area contributed by atoms with Gasteiger partial charge in [-0.05, 0) is 18.9 Å². The van der Waals surface area contributed by atoms with Gasteiger partial charge in [0.1, 0.15) is 0 Å². The number of ether oxygens (including phenoxy) is 1. The molecule has 21 heavy (non-hydrogen) atoms. The van der Waals surface area contributed by atoms with Gasteiger partial charge in [-0.2, -0.15) is 5.10 Å². The lowest BCUT2D eigenvalue weighted by molar-refractivity contribution is -0.186. The van der Waals surface area contributed by atoms with Crippen LogP contribution in [0.1, 0.15) is 29.8 Å². The predicted octanol–water partition coefficient (Wildman–Crippen LogP) is 1.11. The van der Waals surface area contributed by atoms with E-state index in [0.29, 0.717) is 17.4 Å². The van der Waals surface area contributed by atoms with E-state index < -0.39 is 12.2 Å². The lowest BCUT2D eigenvalue weighted by Gasteiger charge is -2.22. The lowest BCUT2D eigenvalue weighted by Crippen LogP contribution is -2.34. The molecule has 1 amide bonds. The van der Waals surface area contributed by atoms with Crippen molar-refractivity contribution in [3.63, 3.8) is 0 Å². The molecule has 0 spiro atoms. The summed E-state index contributed by atoms with van der Waals surface area (Å²) in [4.78, 5) is 29.0. The zero-order valence-corrected chi connectivity index (χ0v) is 11.3. The standard InChI is InChI=1S/C14H15N3O4/c18-13-10-6-2-1-5-9(10)12(15-16-13)14(19)17-21-11-7-3-4-8-20-11/h1-2,5-6,11H,3-4,7-8H2,(H,16,18)(H,17,19). The number of nitrogens with zero attached hydrogens (tertiary/aromatic N) is 1. The smallest absolute Gasteiger partial charge is 0.296 e. The first-order valence-electron chi connectivity index (χ1n) is 6.81. The Hall–Kier alpha value is -2.25. The second-order valence-electron chi connectivity index (χ2n) is 4.79. The predicted molar refractivity (Wildman–Crippen MR) is 74.5 cm³/mol. The van der Waals surface area contributed by atoms with Crippen LogP contribution in [0.3, 0.4) is 0 Å². The highest BCUT2D eigenvalue weighted by atomic mass is 16.8. The molecule has 7 nitrogen and oxygen atoms in total. The van der Waals surface area contributed by atoms with Crippen LogP contribution >= 0.6 is 0 Å². The van der Waals surface area contributed by atoms with Crippen molar-refractivity contribution in [2.45, 2.75) is 25.6 Å². The van der Waals surface area contributed by atoms with Crippen LogP contribution in [0.25, 0.3) is 10.8 Å². The summed E-state index contributed by atoms with van der Waals surface area (Å²) in [5.74, 6) is -0.517. The van der Waals surface area contributed by atoms with Crippen molar-refractivity contribution in [1.82, 2.24) is 15.7 Å². The molecule has 1 unspecified atom stereocenters. The van der Waals surface area contributed by atoms with Crippen LogP contribution < -0.4 is 11.0 Å². The van der Waals surface area contributed by atoms with Gasteiger partial charge < -0.3 is 4.74 Å². The average Bonchev–Trinajstić information content (AvgIpc) is 2.54. The number of H-pyrrole nitrogens is 1. The van der Waals surface area contributed by atoms with Crippen molar-refractivity contribution in [3.05, 3.63) is 40.3 Å². The number of amides is 1. The Morgan fingerprint density at radius 2 is 2.14 bits per heavy atom. The summed E-state index contributed by atoms with van der Waals surface area (Å²) >= 11 is 0. The minimum atomic E-state index is -0.517. The Labute approximate surface area is 120 Å². The molecule has 3 rings (SSSR count). The Bertz CT molecular complexity index is 707. The summed E-state index contributed by atoms with van der Waals surface area (Å²) in [5, 5.41) is 7.00. The molecule has 0 saturated carbocycles. The van der Waals surface area contributed by atoms with Gasteiger partial charge in [-0.25, -0.2) is 15.4 Å². The van der Waals surface area contributed by atoms with Crippen molar-refractivity contribution in [1.29, 1.82) is 0 Å². The Balaban J connectivity index is 1.78. The van der Waals surface area contributed by atoms with Crippen LogP contribution in [-0.4, -0.2) is 29.0 Å². The third kappa shape index (κ3) is 2.93. The number of carbonyl (C=O) groups excluding carboxylic acids is 1. The molecule has 1 aliphatic rings. The van der Waals surface area contributed by atoms with E-state index in [1.165, 1.54) is 0 Å². The minimum Gasteiger partial charge on any atom is -0.350 e. The van der Waals surface area contributed by atoms with E-state index in [-0.39, 0.29) is 11.3 Å². The van der Waals surface area contributed by atoms with Crippen molar-refractivity contribution in [2.24, 2.45) is 0 Å². The van der Waals surface area contributed by atoms with Gasteiger partial charge in [-0.1, -0.05) is 18.2 Å². The molecule has 1 fully saturated rings. The SMILES string of the molecule is O=C(NOC1CCCCO1)c1n[nH]c(=O)c2ccccc12. The Kier molecular flexibility index (Phi) is 3.94. The van der Waals surface area contributed by atoms with Gasteiger partial charge in [-0.3, -0.25) is 9.59 Å². The zero-order chi connectivity index (χ0) is 14.7. The molecule has 1 saturated heterocycles. The molecule has 0 aliphatic carbocycles. The van der Waals surface area contributed by atoms with Crippen molar-refractivity contribution in [3.8, 4) is 0 Å². The van der Waals surface area contributed by atoms with E-state index in [4.69, 9.17) is 9.57 Å². The Morgan fingerprint density at radius 1 is 1.33 bits per heavy atom. The summed E-state index contributed by atoms with van der Waals surface area (Å²) in [6.45, 7) is 0.625. The molecule has 0 radical (unpaired) electrons. The van der Waals surface area contributed by atoms with Gasteiger partial charge >= 0.3 is 0 Å². The number of hydrogen-bond acceptors (Lipinski definition) is 5. The molecule has 2 N–H and O–H groups in total. The van der Waals surface area contributed by atoms with Gasteiger partial charge in [0.05, 0.1) is 5.39 Å². The molecule has 2 aromatic rings. The third-order valence-corrected chi connectivity index (χ3v) is 3.33. The number of hydrogen-bond donors (Lipinski definition) is 2. The normalized spacial score (nSPS) is 18.6. The fraction of sp³-hybridized carbons (Fsp3) is 0.357. The molecule has 1 aliphatic heterocycles. The molecular weight excluding hydrogens is 274 g/mol. The van der Waals surface area contributed by atoms with E-state index >= 15 is 0 Å². The molecule has 7 heteroatoms. The van der Waals surface area contributed by atoms with E-state index in [1.54, 1.807) is 24.3 Å². The van der Waals surface area contributed by atoms with Gasteiger partial charge in [0.2, 0.25) is 0 Å². The topological polar surface area (TPSA) is 93.3 Å². The summed E-state index contributed by atoms with van der Waals surface area (Å²) in [6, 6.07) is 6.78. The highest BCUT2D eigenvalue weighted by Crippen LogP contribution is 2.14. The van der Waals surface area contributed by atoms with Crippen molar-refractivity contribution in [2.75, 3.05) is 6.61 Å². The molecule has 2 heterocycles. The maximum atomic E-state index is 12.1. The first kappa shape index (κ1) is 13.7. The van der Waals surface area contributed by atoms with Gasteiger partial charge in [0.15, 0.2) is 12.0 Å². The fourth-order valence-electron chi connectivity index (χ4n) is 2.26. The molecular formula is C14H15N3O4. The van der Waals surface area contributed by atoms with Gasteiger partial charge in [0.25, 0.3) is 11.5 Å². The van der Waals surface area contributed by atoms with Crippen LogP contribution in [0.5, 0.6) is 0 Å². The first-order chi connectivity index (χ1) is 10.3. The number of aromatic amines is 1. The number of rotatable bonds is 3. The fourth-order valence-corrected chi connectivity index (χ4v) is 2.26.